The van der Waals surface area contributed by atoms with E-state index in [9.17, 15) is 0 Å². The molecule has 0 aliphatic carbocycles. The number of rotatable bonds is 1. The van der Waals surface area contributed by atoms with Gasteiger partial charge in [-0.1, -0.05) is 39.8 Å². The summed E-state index contributed by atoms with van der Waals surface area (Å²) < 4.78 is 0. The highest BCUT2D eigenvalue weighted by molar-refractivity contribution is 5.60. The van der Waals surface area contributed by atoms with Crippen LogP contribution in [0.15, 0.2) is 18.2 Å². The van der Waals surface area contributed by atoms with Crippen LogP contribution < -0.4 is 5.32 Å². The summed E-state index contributed by atoms with van der Waals surface area (Å²) >= 11 is 0. The van der Waals surface area contributed by atoms with E-state index >= 15 is 0 Å². The number of fused-ring (bicyclic) bond motifs is 1. The fraction of sp³-hybridized carbons (Fsp3) is 0.600. The van der Waals surface area contributed by atoms with Crippen LogP contribution in [0.25, 0.3) is 0 Å². The van der Waals surface area contributed by atoms with Gasteiger partial charge in [0.2, 0.25) is 0 Å². The minimum Gasteiger partial charge on any atom is -0.379 e. The van der Waals surface area contributed by atoms with Gasteiger partial charge in [0.1, 0.15) is 0 Å². The van der Waals surface area contributed by atoms with E-state index in [0.717, 1.165) is 6.42 Å². The number of nitrogens with one attached hydrogen (secondary N) is 1. The van der Waals surface area contributed by atoms with E-state index in [1.54, 1.807) is 0 Å². The van der Waals surface area contributed by atoms with Gasteiger partial charge in [-0.2, -0.15) is 0 Å². The van der Waals surface area contributed by atoms with Crippen molar-refractivity contribution in [1.82, 2.24) is 0 Å². The number of anilines is 1. The second kappa shape index (κ2) is 3.51. The smallest absolute Gasteiger partial charge is 0.0384 e. The number of benzene rings is 1. The molecule has 2 rings (SSSR count). The highest BCUT2D eigenvalue weighted by Crippen LogP contribution is 2.36. The highest BCUT2D eigenvalue weighted by Gasteiger charge is 2.30. The molecule has 0 amide bonds. The minimum absolute atomic E-state index is 0.238. The zero-order valence-corrected chi connectivity index (χ0v) is 11.1. The van der Waals surface area contributed by atoms with Crippen LogP contribution in [-0.2, 0) is 11.8 Å². The molecule has 0 saturated heterocycles. The Balaban J connectivity index is 2.35. The molecule has 1 nitrogen and oxygen atoms in total. The standard InChI is InChI=1S/C15H23N/c1-6-15(5)10-11-7-8-12(14(2,3)4)9-13(11)16-15/h7-9,16H,6,10H2,1-5H3. The van der Waals surface area contributed by atoms with Crippen molar-refractivity contribution in [3.63, 3.8) is 0 Å². The van der Waals surface area contributed by atoms with E-state index in [0.29, 0.717) is 0 Å². The summed E-state index contributed by atoms with van der Waals surface area (Å²) in [7, 11) is 0. The van der Waals surface area contributed by atoms with Crippen LogP contribution in [0.3, 0.4) is 0 Å². The fourth-order valence-electron chi connectivity index (χ4n) is 2.32. The molecule has 0 spiro atoms. The molecule has 0 bridgehead atoms. The molecular formula is C15H23N. The van der Waals surface area contributed by atoms with Gasteiger partial charge in [-0.05, 0) is 42.4 Å². The van der Waals surface area contributed by atoms with Crippen molar-refractivity contribution in [3.05, 3.63) is 29.3 Å². The van der Waals surface area contributed by atoms with Crippen LogP contribution in [0.5, 0.6) is 0 Å². The summed E-state index contributed by atoms with van der Waals surface area (Å²) in [5.74, 6) is 0. The highest BCUT2D eigenvalue weighted by atomic mass is 15.0. The molecule has 1 heteroatoms. The molecule has 1 aromatic carbocycles. The lowest BCUT2D eigenvalue weighted by molar-refractivity contribution is 0.515. The summed E-state index contributed by atoms with van der Waals surface area (Å²) in [4.78, 5) is 0. The lowest BCUT2D eigenvalue weighted by Gasteiger charge is -2.23. The molecule has 1 N–H and O–H groups in total. The zero-order chi connectivity index (χ0) is 12.0. The maximum absolute atomic E-state index is 3.67. The Morgan fingerprint density at radius 3 is 2.56 bits per heavy atom. The first-order valence-corrected chi connectivity index (χ1v) is 6.26. The Hall–Kier alpha value is -0.980. The molecule has 16 heavy (non-hydrogen) atoms. The zero-order valence-electron chi connectivity index (χ0n) is 11.1. The summed E-state index contributed by atoms with van der Waals surface area (Å²) in [5, 5.41) is 3.67. The molecular weight excluding hydrogens is 194 g/mol. The van der Waals surface area contributed by atoms with E-state index in [2.05, 4.69) is 58.1 Å². The molecule has 0 radical (unpaired) electrons. The molecule has 0 saturated carbocycles. The van der Waals surface area contributed by atoms with E-state index in [4.69, 9.17) is 0 Å². The van der Waals surface area contributed by atoms with Gasteiger partial charge in [-0.25, -0.2) is 0 Å². The Bertz CT molecular complexity index is 400. The number of hydrogen-bond acceptors (Lipinski definition) is 1. The Kier molecular flexibility index (Phi) is 2.52. The predicted octanol–water partition coefficient (Wildman–Crippen LogP) is 4.12. The van der Waals surface area contributed by atoms with E-state index in [1.807, 2.05) is 0 Å². The molecule has 0 aromatic heterocycles. The van der Waals surface area contributed by atoms with Gasteiger partial charge < -0.3 is 5.32 Å². The minimum atomic E-state index is 0.238. The van der Waals surface area contributed by atoms with Crippen LogP contribution >= 0.6 is 0 Å². The normalized spacial score (nSPS) is 24.1. The van der Waals surface area contributed by atoms with Crippen LogP contribution in [0.1, 0.15) is 52.2 Å². The Morgan fingerprint density at radius 1 is 1.31 bits per heavy atom. The maximum atomic E-state index is 3.67. The number of hydrogen-bond donors (Lipinski definition) is 1. The van der Waals surface area contributed by atoms with Crippen molar-refractivity contribution < 1.29 is 0 Å². The van der Waals surface area contributed by atoms with Gasteiger partial charge in [0, 0.05) is 11.2 Å². The van der Waals surface area contributed by atoms with Gasteiger partial charge in [-0.3, -0.25) is 0 Å². The molecule has 1 heterocycles. The molecule has 88 valence electrons. The lowest BCUT2D eigenvalue weighted by Crippen LogP contribution is -2.30. The third-order valence-corrected chi connectivity index (χ3v) is 3.77. The van der Waals surface area contributed by atoms with Crippen LogP contribution in [0.2, 0.25) is 0 Å². The third-order valence-electron chi connectivity index (χ3n) is 3.77. The van der Waals surface area contributed by atoms with Gasteiger partial charge in [0.05, 0.1) is 0 Å². The fourth-order valence-corrected chi connectivity index (χ4v) is 2.32. The molecule has 1 aromatic rings. The SMILES string of the molecule is CCC1(C)Cc2ccc(C(C)(C)C)cc2N1. The van der Waals surface area contributed by atoms with E-state index < -0.39 is 0 Å². The quantitative estimate of drug-likeness (QED) is 0.746. The third kappa shape index (κ3) is 1.95. The van der Waals surface area contributed by atoms with Crippen molar-refractivity contribution in [3.8, 4) is 0 Å². The van der Waals surface area contributed by atoms with Crippen LogP contribution in [0, 0.1) is 0 Å². The van der Waals surface area contributed by atoms with Crippen molar-refractivity contribution in [2.24, 2.45) is 0 Å². The molecule has 1 aliphatic rings. The van der Waals surface area contributed by atoms with Crippen LogP contribution in [-0.4, -0.2) is 5.54 Å². The summed E-state index contributed by atoms with van der Waals surface area (Å²) in [6.07, 6.45) is 2.33. The lowest BCUT2D eigenvalue weighted by atomic mass is 9.86. The molecule has 1 aliphatic heterocycles. The first-order chi connectivity index (χ1) is 7.34. The monoisotopic (exact) mass is 217 g/mol. The summed E-state index contributed by atoms with van der Waals surface area (Å²) in [5.41, 5.74) is 4.73. The largest absolute Gasteiger partial charge is 0.379 e. The van der Waals surface area contributed by atoms with Gasteiger partial charge >= 0.3 is 0 Å². The van der Waals surface area contributed by atoms with Crippen molar-refractivity contribution >= 4 is 5.69 Å². The first-order valence-electron chi connectivity index (χ1n) is 6.26. The topological polar surface area (TPSA) is 12.0 Å². The Labute approximate surface area is 99.3 Å². The van der Waals surface area contributed by atoms with Gasteiger partial charge in [0.25, 0.3) is 0 Å². The molecule has 1 atom stereocenters. The van der Waals surface area contributed by atoms with E-state index in [-0.39, 0.29) is 11.0 Å². The van der Waals surface area contributed by atoms with E-state index in [1.165, 1.54) is 23.2 Å². The summed E-state index contributed by atoms with van der Waals surface area (Å²) in [6.45, 7) is 11.4. The second-order valence-corrected chi connectivity index (χ2v) is 6.34. The summed E-state index contributed by atoms with van der Waals surface area (Å²) in [6, 6.07) is 6.90. The van der Waals surface area contributed by atoms with Gasteiger partial charge in [-0.15, -0.1) is 0 Å². The van der Waals surface area contributed by atoms with Crippen LogP contribution in [0.4, 0.5) is 5.69 Å². The first kappa shape index (κ1) is 11.5. The van der Waals surface area contributed by atoms with Crippen molar-refractivity contribution in [2.75, 3.05) is 5.32 Å². The van der Waals surface area contributed by atoms with Gasteiger partial charge in [0.15, 0.2) is 0 Å². The molecule has 0 fully saturated rings. The maximum Gasteiger partial charge on any atom is 0.0384 e. The Morgan fingerprint density at radius 2 is 2.00 bits per heavy atom. The van der Waals surface area contributed by atoms with Crippen molar-refractivity contribution in [1.29, 1.82) is 0 Å². The van der Waals surface area contributed by atoms with Crippen molar-refractivity contribution in [2.45, 2.75) is 58.4 Å². The predicted molar refractivity (Wildman–Crippen MR) is 71.2 cm³/mol. The molecule has 1 unspecified atom stereocenters. The average molecular weight is 217 g/mol. The average Bonchev–Trinajstić information content (AvgIpc) is 2.52. The second-order valence-electron chi connectivity index (χ2n) is 6.34.